The number of nitrogens with one attached hydrogen (secondary N) is 1. The largest absolute Gasteiger partial charge is 0.457 e. The number of anilines is 1. The molecule has 0 bridgehead atoms. The van der Waals surface area contributed by atoms with Crippen LogP contribution in [0.1, 0.15) is 35.5 Å². The lowest BCUT2D eigenvalue weighted by molar-refractivity contribution is -0.118. The molecule has 0 spiro atoms. The van der Waals surface area contributed by atoms with Crippen LogP contribution in [0.4, 0.5) is 5.82 Å². The number of benzene rings is 2. The van der Waals surface area contributed by atoms with E-state index in [1.54, 1.807) is 29.3 Å². The summed E-state index contributed by atoms with van der Waals surface area (Å²) in [5, 5.41) is 4.24. The smallest absolute Gasteiger partial charge is 0.254 e. The molecule has 8 nitrogen and oxygen atoms in total. The molecule has 0 radical (unpaired) electrons. The highest BCUT2D eigenvalue weighted by atomic mass is 35.5. The van der Waals surface area contributed by atoms with Crippen LogP contribution in [0.25, 0.3) is 28.2 Å². The van der Waals surface area contributed by atoms with Crippen molar-refractivity contribution in [2.75, 3.05) is 32.0 Å². The highest BCUT2D eigenvalue weighted by Crippen LogP contribution is 2.36. The second-order valence-corrected chi connectivity index (χ2v) is 10.3. The number of ether oxygens (including phenoxy) is 1. The fourth-order valence-corrected chi connectivity index (χ4v) is 4.70. The van der Waals surface area contributed by atoms with Gasteiger partial charge < -0.3 is 25.1 Å². The lowest BCUT2D eigenvalue weighted by atomic mass is 9.99. The van der Waals surface area contributed by atoms with E-state index in [0.717, 1.165) is 22.1 Å². The fourth-order valence-electron chi connectivity index (χ4n) is 4.44. The third-order valence-corrected chi connectivity index (χ3v) is 6.90. The summed E-state index contributed by atoms with van der Waals surface area (Å²) in [4.78, 5) is 31.2. The molecule has 1 saturated heterocycles. The number of furan rings is 1. The predicted molar refractivity (Wildman–Crippen MR) is 152 cm³/mol. The van der Waals surface area contributed by atoms with Crippen molar-refractivity contribution in [2.45, 2.75) is 19.4 Å². The Morgan fingerprint density at radius 3 is 2.49 bits per heavy atom. The highest BCUT2D eigenvalue weighted by molar-refractivity contribution is 6.35. The van der Waals surface area contributed by atoms with Crippen molar-refractivity contribution in [3.05, 3.63) is 88.8 Å². The standard InChI is InChI=1S/C30H29ClN4O4/c1-30(2,34-27(36)10-4-19-3-9-26(32)33-18-19)25-17-23-15-22(16-24(31)28(23)39-25)20-5-7-21(8-6-20)29(37)35-11-13-38-14-12-35/h3-10,15-18H,11-14H2,1-2H3,(H2,32,33)(H,34,36)/b10-4+. The predicted octanol–water partition coefficient (Wildman–Crippen LogP) is 5.27. The molecule has 1 aliphatic heterocycles. The molecule has 5 rings (SSSR count). The number of pyridine rings is 1. The number of nitrogens with zero attached hydrogens (tertiary/aromatic N) is 2. The van der Waals surface area contributed by atoms with E-state index in [9.17, 15) is 9.59 Å². The molecular weight excluding hydrogens is 516 g/mol. The monoisotopic (exact) mass is 544 g/mol. The molecule has 200 valence electrons. The van der Waals surface area contributed by atoms with E-state index < -0.39 is 5.54 Å². The molecule has 1 aliphatic rings. The van der Waals surface area contributed by atoms with Gasteiger partial charge in [0.2, 0.25) is 5.91 Å². The van der Waals surface area contributed by atoms with Crippen molar-refractivity contribution < 1.29 is 18.7 Å². The molecule has 1 fully saturated rings. The van der Waals surface area contributed by atoms with E-state index in [4.69, 9.17) is 26.5 Å². The van der Waals surface area contributed by atoms with Crippen molar-refractivity contribution in [2.24, 2.45) is 0 Å². The minimum absolute atomic E-state index is 0.00191. The van der Waals surface area contributed by atoms with Gasteiger partial charge in [0.1, 0.15) is 11.6 Å². The zero-order chi connectivity index (χ0) is 27.6. The third-order valence-electron chi connectivity index (χ3n) is 6.62. The van der Waals surface area contributed by atoms with Gasteiger partial charge in [-0.1, -0.05) is 23.7 Å². The van der Waals surface area contributed by atoms with Gasteiger partial charge in [-0.2, -0.15) is 0 Å². The molecule has 0 saturated carbocycles. The molecule has 0 aliphatic carbocycles. The maximum Gasteiger partial charge on any atom is 0.254 e. The van der Waals surface area contributed by atoms with Gasteiger partial charge in [-0.15, -0.1) is 0 Å². The van der Waals surface area contributed by atoms with E-state index >= 15 is 0 Å². The summed E-state index contributed by atoms with van der Waals surface area (Å²) < 4.78 is 11.4. The van der Waals surface area contributed by atoms with Crippen LogP contribution in [-0.4, -0.2) is 48.0 Å². The Labute approximate surface area is 231 Å². The second-order valence-electron chi connectivity index (χ2n) is 9.93. The van der Waals surface area contributed by atoms with Crippen LogP contribution in [0.15, 0.2) is 71.3 Å². The molecule has 3 N–H and O–H groups in total. The van der Waals surface area contributed by atoms with Crippen molar-refractivity contribution in [1.29, 1.82) is 0 Å². The SMILES string of the molecule is CC(C)(NC(=O)/C=C/c1ccc(N)nc1)c1cc2cc(-c3ccc(C(=O)N4CCOCC4)cc3)cc(Cl)c2o1. The molecule has 2 amide bonds. The Morgan fingerprint density at radius 2 is 1.79 bits per heavy atom. The van der Waals surface area contributed by atoms with Crippen molar-refractivity contribution >= 4 is 46.3 Å². The molecule has 2 aromatic carbocycles. The Bertz CT molecular complexity index is 1540. The number of aromatic nitrogens is 1. The molecular formula is C30H29ClN4O4. The van der Waals surface area contributed by atoms with Gasteiger partial charge in [-0.3, -0.25) is 9.59 Å². The maximum atomic E-state index is 12.8. The molecule has 2 aromatic heterocycles. The number of nitrogens with two attached hydrogens (primary N) is 1. The van der Waals surface area contributed by atoms with Gasteiger partial charge in [-0.05, 0) is 79.1 Å². The fraction of sp³-hybridized carbons (Fsp3) is 0.233. The number of rotatable bonds is 6. The molecule has 3 heterocycles. The summed E-state index contributed by atoms with van der Waals surface area (Å²) in [5.41, 5.74) is 8.57. The van der Waals surface area contributed by atoms with Crippen molar-refractivity contribution in [3.63, 3.8) is 0 Å². The number of carbonyl (C=O) groups is 2. The third kappa shape index (κ3) is 5.97. The van der Waals surface area contributed by atoms with Crippen LogP contribution in [-0.2, 0) is 15.1 Å². The van der Waals surface area contributed by atoms with Crippen LogP contribution < -0.4 is 11.1 Å². The molecule has 4 aromatic rings. The van der Waals surface area contributed by atoms with Crippen LogP contribution in [0.5, 0.6) is 0 Å². The van der Waals surface area contributed by atoms with Gasteiger partial charge in [-0.25, -0.2) is 4.98 Å². The van der Waals surface area contributed by atoms with Gasteiger partial charge in [0.15, 0.2) is 5.58 Å². The summed E-state index contributed by atoms with van der Waals surface area (Å²) >= 11 is 6.61. The maximum absolute atomic E-state index is 12.8. The number of fused-ring (bicyclic) bond motifs is 1. The normalized spacial score (nSPS) is 14.2. The quantitative estimate of drug-likeness (QED) is 0.320. The van der Waals surface area contributed by atoms with E-state index in [2.05, 4.69) is 10.3 Å². The van der Waals surface area contributed by atoms with Gasteiger partial charge in [0.25, 0.3) is 5.91 Å². The summed E-state index contributed by atoms with van der Waals surface area (Å²) in [6.45, 7) is 6.05. The second kappa shape index (κ2) is 10.9. The van der Waals surface area contributed by atoms with Gasteiger partial charge in [0.05, 0.1) is 23.8 Å². The minimum Gasteiger partial charge on any atom is -0.457 e. The van der Waals surface area contributed by atoms with Crippen molar-refractivity contribution in [3.8, 4) is 11.1 Å². The van der Waals surface area contributed by atoms with Crippen LogP contribution >= 0.6 is 11.6 Å². The van der Waals surface area contributed by atoms with E-state index in [1.807, 2.05) is 56.3 Å². The topological polar surface area (TPSA) is 111 Å². The van der Waals surface area contributed by atoms with E-state index in [1.165, 1.54) is 6.08 Å². The Morgan fingerprint density at radius 1 is 1.05 bits per heavy atom. The minimum atomic E-state index is -0.801. The average molecular weight is 545 g/mol. The molecule has 0 atom stereocenters. The average Bonchev–Trinajstić information content (AvgIpc) is 3.39. The van der Waals surface area contributed by atoms with Crippen LogP contribution in [0.2, 0.25) is 5.02 Å². The Balaban J connectivity index is 1.33. The first-order chi connectivity index (χ1) is 18.7. The molecule has 0 unspecified atom stereocenters. The lowest BCUT2D eigenvalue weighted by Crippen LogP contribution is -2.40. The first-order valence-electron chi connectivity index (χ1n) is 12.6. The Kier molecular flexibility index (Phi) is 7.41. The summed E-state index contributed by atoms with van der Waals surface area (Å²) in [6, 6.07) is 16.7. The molecule has 9 heteroatoms. The zero-order valence-electron chi connectivity index (χ0n) is 21.7. The summed E-state index contributed by atoms with van der Waals surface area (Å²) in [5.74, 6) is 0.706. The Hall–Kier alpha value is -4.14. The first kappa shape index (κ1) is 26.5. The summed E-state index contributed by atoms with van der Waals surface area (Å²) in [7, 11) is 0. The number of halogens is 1. The van der Waals surface area contributed by atoms with Crippen LogP contribution in [0, 0.1) is 0 Å². The number of carbonyl (C=O) groups excluding carboxylic acids is 2. The van der Waals surface area contributed by atoms with E-state index in [-0.39, 0.29) is 11.8 Å². The first-order valence-corrected chi connectivity index (χ1v) is 13.0. The number of hydrogen-bond acceptors (Lipinski definition) is 6. The number of morpholine rings is 1. The lowest BCUT2D eigenvalue weighted by Gasteiger charge is -2.26. The number of nitrogen functional groups attached to an aromatic ring is 1. The number of amides is 2. The van der Waals surface area contributed by atoms with Crippen molar-refractivity contribution in [1.82, 2.24) is 15.2 Å². The van der Waals surface area contributed by atoms with E-state index in [0.29, 0.717) is 54.1 Å². The van der Waals surface area contributed by atoms with Gasteiger partial charge in [0, 0.05) is 36.3 Å². The highest BCUT2D eigenvalue weighted by Gasteiger charge is 2.27. The number of hydrogen-bond donors (Lipinski definition) is 2. The summed E-state index contributed by atoms with van der Waals surface area (Å²) in [6.07, 6.45) is 4.70. The molecule has 39 heavy (non-hydrogen) atoms. The zero-order valence-corrected chi connectivity index (χ0v) is 22.5. The van der Waals surface area contributed by atoms with Gasteiger partial charge >= 0.3 is 0 Å². The van der Waals surface area contributed by atoms with Crippen LogP contribution in [0.3, 0.4) is 0 Å².